The SMILES string of the molecule is Cc1ccc(N2CC(CN(C)C)NCC2C)cc1Br. The highest BCUT2D eigenvalue weighted by Crippen LogP contribution is 2.26. The van der Waals surface area contributed by atoms with Crippen LogP contribution in [-0.2, 0) is 0 Å². The quantitative estimate of drug-likeness (QED) is 0.921. The van der Waals surface area contributed by atoms with E-state index in [-0.39, 0.29) is 0 Å². The highest BCUT2D eigenvalue weighted by atomic mass is 79.9. The number of rotatable bonds is 3. The Balaban J connectivity index is 2.14. The van der Waals surface area contributed by atoms with Crippen molar-refractivity contribution >= 4 is 21.6 Å². The van der Waals surface area contributed by atoms with Gasteiger partial charge in [-0.05, 0) is 45.6 Å². The molecule has 0 radical (unpaired) electrons. The Morgan fingerprint density at radius 2 is 2.16 bits per heavy atom. The first-order valence-electron chi connectivity index (χ1n) is 6.88. The molecule has 1 fully saturated rings. The fourth-order valence-electron chi connectivity index (χ4n) is 2.61. The molecule has 4 heteroatoms. The van der Waals surface area contributed by atoms with Gasteiger partial charge >= 0.3 is 0 Å². The van der Waals surface area contributed by atoms with E-state index in [1.807, 2.05) is 0 Å². The molecule has 0 bridgehead atoms. The smallest absolute Gasteiger partial charge is 0.0387 e. The van der Waals surface area contributed by atoms with Crippen LogP contribution in [0.1, 0.15) is 12.5 Å². The van der Waals surface area contributed by atoms with Crippen molar-refractivity contribution in [2.24, 2.45) is 0 Å². The number of anilines is 1. The highest BCUT2D eigenvalue weighted by molar-refractivity contribution is 9.10. The van der Waals surface area contributed by atoms with Crippen LogP contribution < -0.4 is 10.2 Å². The second kappa shape index (κ2) is 6.25. The summed E-state index contributed by atoms with van der Waals surface area (Å²) in [6.45, 7) is 7.60. The molecule has 1 saturated heterocycles. The Morgan fingerprint density at radius 3 is 2.79 bits per heavy atom. The predicted molar refractivity (Wildman–Crippen MR) is 86.0 cm³/mol. The Kier molecular flexibility index (Phi) is 4.87. The minimum atomic E-state index is 0.534. The van der Waals surface area contributed by atoms with E-state index in [4.69, 9.17) is 0 Å². The molecule has 3 nitrogen and oxygen atoms in total. The molecule has 0 spiro atoms. The first kappa shape index (κ1) is 14.8. The molecule has 0 saturated carbocycles. The van der Waals surface area contributed by atoms with Crippen molar-refractivity contribution in [3.05, 3.63) is 28.2 Å². The maximum absolute atomic E-state index is 3.64. The average Bonchev–Trinajstić information content (AvgIpc) is 2.34. The zero-order valence-corrected chi connectivity index (χ0v) is 13.9. The van der Waals surface area contributed by atoms with E-state index in [9.17, 15) is 0 Å². The molecule has 2 rings (SSSR count). The number of piperazine rings is 1. The van der Waals surface area contributed by atoms with Crippen molar-refractivity contribution in [3.8, 4) is 0 Å². The molecular weight excluding hydrogens is 302 g/mol. The van der Waals surface area contributed by atoms with Crippen molar-refractivity contribution in [3.63, 3.8) is 0 Å². The van der Waals surface area contributed by atoms with Crippen LogP contribution in [0, 0.1) is 6.92 Å². The van der Waals surface area contributed by atoms with Gasteiger partial charge in [0.15, 0.2) is 0 Å². The summed E-state index contributed by atoms with van der Waals surface area (Å²) in [5.74, 6) is 0. The molecule has 1 aromatic rings. The van der Waals surface area contributed by atoms with Gasteiger partial charge in [-0.15, -0.1) is 0 Å². The Morgan fingerprint density at radius 1 is 1.42 bits per heavy atom. The van der Waals surface area contributed by atoms with Gasteiger partial charge in [0, 0.05) is 41.9 Å². The fourth-order valence-corrected chi connectivity index (χ4v) is 2.98. The lowest BCUT2D eigenvalue weighted by Crippen LogP contribution is -2.58. The number of likely N-dealkylation sites (N-methyl/N-ethyl adjacent to an activating group) is 1. The third-order valence-corrected chi connectivity index (χ3v) is 4.58. The second-order valence-corrected chi connectivity index (χ2v) is 6.66. The third-order valence-electron chi connectivity index (χ3n) is 3.72. The minimum Gasteiger partial charge on any atom is -0.366 e. The van der Waals surface area contributed by atoms with Crippen LogP contribution in [0.3, 0.4) is 0 Å². The molecule has 106 valence electrons. The summed E-state index contributed by atoms with van der Waals surface area (Å²) in [6, 6.07) is 7.73. The molecular formula is C15H24BrN3. The normalized spacial score (nSPS) is 24.0. The van der Waals surface area contributed by atoms with Gasteiger partial charge in [0.05, 0.1) is 0 Å². The highest BCUT2D eigenvalue weighted by Gasteiger charge is 2.25. The summed E-state index contributed by atoms with van der Waals surface area (Å²) in [6.07, 6.45) is 0. The average molecular weight is 326 g/mol. The maximum Gasteiger partial charge on any atom is 0.0387 e. The summed E-state index contributed by atoms with van der Waals surface area (Å²) < 4.78 is 1.19. The molecule has 1 aliphatic rings. The summed E-state index contributed by atoms with van der Waals surface area (Å²) in [4.78, 5) is 4.76. The van der Waals surface area contributed by atoms with Gasteiger partial charge in [-0.3, -0.25) is 0 Å². The molecule has 1 heterocycles. The number of halogens is 1. The van der Waals surface area contributed by atoms with Gasteiger partial charge in [0.25, 0.3) is 0 Å². The number of benzene rings is 1. The monoisotopic (exact) mass is 325 g/mol. The topological polar surface area (TPSA) is 18.5 Å². The Hall–Kier alpha value is -0.580. The molecule has 19 heavy (non-hydrogen) atoms. The van der Waals surface area contributed by atoms with Crippen molar-refractivity contribution < 1.29 is 0 Å². The van der Waals surface area contributed by atoms with Crippen molar-refractivity contribution in [1.29, 1.82) is 0 Å². The van der Waals surface area contributed by atoms with Crippen LogP contribution >= 0.6 is 15.9 Å². The second-order valence-electron chi connectivity index (χ2n) is 5.80. The van der Waals surface area contributed by atoms with Crippen LogP contribution in [0.25, 0.3) is 0 Å². The van der Waals surface area contributed by atoms with E-state index in [1.54, 1.807) is 0 Å². The number of nitrogens with one attached hydrogen (secondary N) is 1. The minimum absolute atomic E-state index is 0.534. The summed E-state index contributed by atoms with van der Waals surface area (Å²) in [5, 5.41) is 3.63. The number of aryl methyl sites for hydroxylation is 1. The van der Waals surface area contributed by atoms with E-state index in [1.165, 1.54) is 15.7 Å². The molecule has 0 aromatic heterocycles. The van der Waals surface area contributed by atoms with Crippen molar-refractivity contribution in [1.82, 2.24) is 10.2 Å². The lowest BCUT2D eigenvalue weighted by Gasteiger charge is -2.41. The summed E-state index contributed by atoms with van der Waals surface area (Å²) in [5.41, 5.74) is 2.60. The van der Waals surface area contributed by atoms with Crippen molar-refractivity contribution in [2.45, 2.75) is 25.9 Å². The van der Waals surface area contributed by atoms with E-state index in [0.29, 0.717) is 12.1 Å². The predicted octanol–water partition coefficient (Wildman–Crippen LogP) is 2.49. The largest absolute Gasteiger partial charge is 0.366 e. The van der Waals surface area contributed by atoms with Gasteiger partial charge < -0.3 is 15.1 Å². The van der Waals surface area contributed by atoms with Gasteiger partial charge in [-0.1, -0.05) is 22.0 Å². The van der Waals surface area contributed by atoms with Gasteiger partial charge in [-0.25, -0.2) is 0 Å². The zero-order valence-electron chi connectivity index (χ0n) is 12.3. The molecule has 2 atom stereocenters. The summed E-state index contributed by atoms with van der Waals surface area (Å²) in [7, 11) is 4.26. The first-order valence-corrected chi connectivity index (χ1v) is 7.67. The Labute approximate surface area is 125 Å². The standard InChI is InChI=1S/C15H24BrN3/c1-11-5-6-14(7-15(11)16)19-10-13(9-18(3)4)17-8-12(19)2/h5-7,12-13,17H,8-10H2,1-4H3. The van der Waals surface area contributed by atoms with Gasteiger partial charge in [-0.2, -0.15) is 0 Å². The first-order chi connectivity index (χ1) is 8.97. The van der Waals surface area contributed by atoms with E-state index in [0.717, 1.165) is 19.6 Å². The Bertz CT molecular complexity index is 433. The van der Waals surface area contributed by atoms with Crippen LogP contribution in [0.2, 0.25) is 0 Å². The fraction of sp³-hybridized carbons (Fsp3) is 0.600. The lowest BCUT2D eigenvalue weighted by molar-refractivity contribution is 0.307. The zero-order chi connectivity index (χ0) is 14.0. The number of hydrogen-bond acceptors (Lipinski definition) is 3. The lowest BCUT2D eigenvalue weighted by atomic mass is 10.1. The molecule has 0 aliphatic carbocycles. The number of hydrogen-bond donors (Lipinski definition) is 1. The van der Waals surface area contributed by atoms with Crippen LogP contribution in [0.4, 0.5) is 5.69 Å². The molecule has 1 N–H and O–H groups in total. The maximum atomic E-state index is 3.64. The summed E-state index contributed by atoms with van der Waals surface area (Å²) >= 11 is 3.64. The van der Waals surface area contributed by atoms with Crippen LogP contribution in [0.5, 0.6) is 0 Å². The molecule has 2 unspecified atom stereocenters. The van der Waals surface area contributed by atoms with Gasteiger partial charge in [0.2, 0.25) is 0 Å². The van der Waals surface area contributed by atoms with Crippen molar-refractivity contribution in [2.75, 3.05) is 38.6 Å². The van der Waals surface area contributed by atoms with Gasteiger partial charge in [0.1, 0.15) is 0 Å². The molecule has 0 amide bonds. The number of nitrogens with zero attached hydrogens (tertiary/aromatic N) is 2. The molecule has 1 aromatic carbocycles. The van der Waals surface area contributed by atoms with E-state index >= 15 is 0 Å². The van der Waals surface area contributed by atoms with E-state index in [2.05, 4.69) is 77.2 Å². The van der Waals surface area contributed by atoms with Crippen LogP contribution in [-0.4, -0.2) is 50.7 Å². The third kappa shape index (κ3) is 3.71. The molecule has 1 aliphatic heterocycles. The van der Waals surface area contributed by atoms with Crippen LogP contribution in [0.15, 0.2) is 22.7 Å². The van der Waals surface area contributed by atoms with E-state index < -0.39 is 0 Å².